The third kappa shape index (κ3) is 4.16. The van der Waals surface area contributed by atoms with Crippen LogP contribution in [0.4, 0.5) is 0 Å². The Balaban J connectivity index is 1.10. The van der Waals surface area contributed by atoms with Gasteiger partial charge in [-0.1, -0.05) is 117 Å². The lowest BCUT2D eigenvalue weighted by molar-refractivity contribution is 0.408. The molecule has 0 radical (unpaired) electrons. The van der Waals surface area contributed by atoms with E-state index < -0.39 is 0 Å². The Labute approximate surface area is 269 Å². The van der Waals surface area contributed by atoms with Gasteiger partial charge in [0.1, 0.15) is 24.3 Å². The van der Waals surface area contributed by atoms with Crippen LogP contribution in [-0.2, 0) is 5.41 Å². The molecule has 0 amide bonds. The van der Waals surface area contributed by atoms with Gasteiger partial charge in [-0.3, -0.25) is 5.32 Å². The molecule has 224 valence electrons. The second kappa shape index (κ2) is 10.3. The number of para-hydroxylation sites is 1. The van der Waals surface area contributed by atoms with E-state index in [2.05, 4.69) is 168 Å². The Bertz CT molecular complexity index is 2220. The average Bonchev–Trinajstić information content (AvgIpc) is 3.56. The molecule has 2 aliphatic heterocycles. The first-order valence-electron chi connectivity index (χ1n) is 16.1. The molecule has 0 fully saturated rings. The van der Waals surface area contributed by atoms with E-state index in [1.54, 1.807) is 0 Å². The Hall–Kier alpha value is -5.39. The molecule has 9 rings (SSSR count). The summed E-state index contributed by atoms with van der Waals surface area (Å²) >= 11 is 0. The molecule has 3 atom stereocenters. The van der Waals surface area contributed by atoms with Crippen molar-refractivity contribution >= 4 is 27.6 Å². The number of benzene rings is 5. The van der Waals surface area contributed by atoms with Crippen LogP contribution in [0, 0.1) is 0 Å². The maximum absolute atomic E-state index is 5.14. The summed E-state index contributed by atoms with van der Waals surface area (Å²) in [7, 11) is 0. The molecule has 1 aromatic heterocycles. The zero-order valence-electron chi connectivity index (χ0n) is 25.9. The predicted molar refractivity (Wildman–Crippen MR) is 188 cm³/mol. The second-order valence-corrected chi connectivity index (χ2v) is 13.0. The number of fused-ring (bicyclic) bond motifs is 6. The Kier molecular flexibility index (Phi) is 6.05. The van der Waals surface area contributed by atoms with Crippen LogP contribution in [0.25, 0.3) is 32.9 Å². The molecule has 0 bridgehead atoms. The van der Waals surface area contributed by atoms with Crippen LogP contribution < -0.4 is 16.0 Å². The maximum Gasteiger partial charge on any atom is 0.133 e. The highest BCUT2D eigenvalue weighted by molar-refractivity contribution is 6.11. The van der Waals surface area contributed by atoms with E-state index >= 15 is 0 Å². The monoisotopic (exact) mass is 597 g/mol. The molecule has 0 saturated heterocycles. The topological polar surface area (TPSA) is 53.4 Å². The number of aliphatic imine (C=N–C) groups is 1. The highest BCUT2D eigenvalue weighted by atomic mass is 15.3. The highest BCUT2D eigenvalue weighted by Crippen LogP contribution is 2.51. The molecule has 0 saturated carbocycles. The van der Waals surface area contributed by atoms with Gasteiger partial charge in [-0.15, -0.1) is 0 Å². The number of hydrogen-bond donors (Lipinski definition) is 3. The minimum absolute atomic E-state index is 0.0479. The lowest BCUT2D eigenvalue weighted by Crippen LogP contribution is -2.45. The lowest BCUT2D eigenvalue weighted by atomic mass is 9.82. The summed E-state index contributed by atoms with van der Waals surface area (Å²) in [6, 6.07) is 43.4. The SMILES string of the molecule is CC1(C)c2ccccc2-c2cc3c4ccccc4n(C4C=CC(C5=NC(c6ccccc6)NC(c6ccccc6)N5)=CN4)c3cc21. The van der Waals surface area contributed by atoms with Crippen molar-refractivity contribution in [3.63, 3.8) is 0 Å². The third-order valence-electron chi connectivity index (χ3n) is 9.94. The fourth-order valence-electron chi connectivity index (χ4n) is 7.60. The fourth-order valence-corrected chi connectivity index (χ4v) is 7.60. The fraction of sp³-hybridized carbons (Fsp3) is 0.146. The van der Waals surface area contributed by atoms with Crippen molar-refractivity contribution < 1.29 is 0 Å². The molecule has 3 unspecified atom stereocenters. The van der Waals surface area contributed by atoms with Gasteiger partial charge < -0.3 is 15.2 Å². The molecule has 5 nitrogen and oxygen atoms in total. The van der Waals surface area contributed by atoms with Crippen molar-refractivity contribution in [2.45, 2.75) is 37.8 Å². The van der Waals surface area contributed by atoms with Crippen LogP contribution in [0.2, 0.25) is 0 Å². The number of nitrogens with zero attached hydrogens (tertiary/aromatic N) is 2. The van der Waals surface area contributed by atoms with Crippen LogP contribution in [0.15, 0.2) is 150 Å². The quantitative estimate of drug-likeness (QED) is 0.191. The van der Waals surface area contributed by atoms with Gasteiger partial charge in [-0.2, -0.15) is 0 Å². The van der Waals surface area contributed by atoms with Crippen molar-refractivity contribution in [3.05, 3.63) is 168 Å². The van der Waals surface area contributed by atoms with Gasteiger partial charge in [0.05, 0.1) is 11.0 Å². The summed E-state index contributed by atoms with van der Waals surface area (Å²) in [5.41, 5.74) is 11.2. The average molecular weight is 598 g/mol. The number of aromatic nitrogens is 1. The van der Waals surface area contributed by atoms with Gasteiger partial charge in [0.25, 0.3) is 0 Å². The molecular formula is C41H35N5. The van der Waals surface area contributed by atoms with Crippen molar-refractivity contribution in [3.8, 4) is 11.1 Å². The smallest absolute Gasteiger partial charge is 0.133 e. The number of hydrogen-bond acceptors (Lipinski definition) is 4. The van der Waals surface area contributed by atoms with Crippen molar-refractivity contribution in [2.24, 2.45) is 4.99 Å². The van der Waals surface area contributed by atoms with Crippen LogP contribution in [0.3, 0.4) is 0 Å². The van der Waals surface area contributed by atoms with Gasteiger partial charge in [0.15, 0.2) is 0 Å². The van der Waals surface area contributed by atoms with Crippen LogP contribution in [0.1, 0.15) is 54.6 Å². The van der Waals surface area contributed by atoms with Crippen molar-refractivity contribution in [1.82, 2.24) is 20.5 Å². The highest BCUT2D eigenvalue weighted by Gasteiger charge is 2.36. The Morgan fingerprint density at radius 1 is 0.674 bits per heavy atom. The van der Waals surface area contributed by atoms with E-state index in [-0.39, 0.29) is 23.9 Å². The van der Waals surface area contributed by atoms with E-state index in [1.807, 2.05) is 6.07 Å². The van der Waals surface area contributed by atoms with E-state index in [0.717, 1.165) is 17.0 Å². The molecule has 3 heterocycles. The van der Waals surface area contributed by atoms with Gasteiger partial charge in [-0.25, -0.2) is 4.99 Å². The van der Waals surface area contributed by atoms with E-state index in [4.69, 9.17) is 4.99 Å². The van der Waals surface area contributed by atoms with Gasteiger partial charge in [0, 0.05) is 28.0 Å². The molecule has 6 aromatic rings. The van der Waals surface area contributed by atoms with Gasteiger partial charge >= 0.3 is 0 Å². The van der Waals surface area contributed by atoms with Gasteiger partial charge in [-0.05, 0) is 63.7 Å². The first-order chi connectivity index (χ1) is 22.6. The third-order valence-corrected chi connectivity index (χ3v) is 9.94. The zero-order valence-corrected chi connectivity index (χ0v) is 25.9. The van der Waals surface area contributed by atoms with E-state index in [0.29, 0.717) is 0 Å². The molecule has 5 aromatic carbocycles. The minimum Gasteiger partial charge on any atom is -0.367 e. The summed E-state index contributed by atoms with van der Waals surface area (Å²) in [5, 5.41) is 13.6. The predicted octanol–water partition coefficient (Wildman–Crippen LogP) is 8.63. The first-order valence-corrected chi connectivity index (χ1v) is 16.1. The number of amidine groups is 1. The largest absolute Gasteiger partial charge is 0.367 e. The molecule has 1 aliphatic carbocycles. The normalized spacial score (nSPS) is 21.2. The molecule has 5 heteroatoms. The summed E-state index contributed by atoms with van der Waals surface area (Å²) in [6.45, 7) is 4.70. The maximum atomic E-state index is 5.14. The standard InChI is InChI=1S/C41H35N5/c1-41(2)33-19-11-9-17-29(33)31-23-32-30-18-10-12-20-35(30)46(36(32)24-34(31)41)37-22-21-28(25-42-37)40-44-38(26-13-5-3-6-14-26)43-39(45-40)27-15-7-4-8-16-27/h3-25,37-39,42-43H,1-2H3,(H,44,45). The van der Waals surface area contributed by atoms with Crippen LogP contribution in [0.5, 0.6) is 0 Å². The van der Waals surface area contributed by atoms with E-state index in [1.165, 1.54) is 49.6 Å². The number of dihydropyridines is 1. The van der Waals surface area contributed by atoms with Gasteiger partial charge in [0.2, 0.25) is 0 Å². The number of nitrogens with one attached hydrogen (secondary N) is 3. The molecular weight excluding hydrogens is 562 g/mol. The Morgan fingerprint density at radius 3 is 2.17 bits per heavy atom. The van der Waals surface area contributed by atoms with Crippen molar-refractivity contribution in [1.29, 1.82) is 0 Å². The second-order valence-electron chi connectivity index (χ2n) is 13.0. The lowest BCUT2D eigenvalue weighted by Gasteiger charge is -2.33. The number of rotatable bonds is 4. The molecule has 3 N–H and O–H groups in total. The van der Waals surface area contributed by atoms with Crippen molar-refractivity contribution in [2.75, 3.05) is 0 Å². The zero-order chi connectivity index (χ0) is 30.8. The van der Waals surface area contributed by atoms with Crippen LogP contribution >= 0.6 is 0 Å². The molecule has 46 heavy (non-hydrogen) atoms. The van der Waals surface area contributed by atoms with Crippen LogP contribution in [-0.4, -0.2) is 10.4 Å². The summed E-state index contributed by atoms with van der Waals surface area (Å²) in [6.07, 6.45) is 6.29. The minimum atomic E-state index is -0.165. The molecule has 3 aliphatic rings. The van der Waals surface area contributed by atoms with E-state index in [9.17, 15) is 0 Å². The first kappa shape index (κ1) is 27.0. The molecule has 0 spiro atoms. The summed E-state index contributed by atoms with van der Waals surface area (Å²) in [4.78, 5) is 5.14. The summed E-state index contributed by atoms with van der Waals surface area (Å²) in [5.74, 6) is 0.864. The summed E-state index contributed by atoms with van der Waals surface area (Å²) < 4.78 is 2.45. The Morgan fingerprint density at radius 2 is 1.39 bits per heavy atom.